The lowest BCUT2D eigenvalue weighted by atomic mass is 10.1. The molecule has 4 nitrogen and oxygen atoms in total. The molecule has 0 saturated heterocycles. The van der Waals surface area contributed by atoms with E-state index in [-0.39, 0.29) is 6.42 Å². The Morgan fingerprint density at radius 1 is 1.24 bits per heavy atom. The van der Waals surface area contributed by atoms with Crippen LogP contribution in [0.15, 0.2) is 52.3 Å². The second-order valence-electron chi connectivity index (χ2n) is 4.28. The maximum Gasteiger partial charge on any atom is 0.307 e. The predicted octanol–water partition coefficient (Wildman–Crippen LogP) is 3.35. The zero-order chi connectivity index (χ0) is 15.2. The zero-order valence-electron chi connectivity index (χ0n) is 11.4. The number of rotatable bonds is 5. The maximum atomic E-state index is 10.9. The molecular weight excluding hydrogens is 286 g/mol. The Hall–Kier alpha value is -2.45. The molecule has 0 atom stereocenters. The molecule has 2 aromatic rings. The number of methoxy groups -OCH3 is 1. The van der Waals surface area contributed by atoms with Crippen LogP contribution in [0.25, 0.3) is 0 Å². The smallest absolute Gasteiger partial charge is 0.307 e. The van der Waals surface area contributed by atoms with Gasteiger partial charge in [-0.05, 0) is 42.5 Å². The molecule has 1 N–H and O–H groups in total. The van der Waals surface area contributed by atoms with E-state index in [9.17, 15) is 4.79 Å². The SMILES string of the molecule is COc1ccc(Sc2ccc(C#N)cc2)cc1CC(=O)O. The summed E-state index contributed by atoms with van der Waals surface area (Å²) in [5.74, 6) is -0.324. The molecule has 2 aromatic carbocycles. The summed E-state index contributed by atoms with van der Waals surface area (Å²) in [6.07, 6.45) is -0.0784. The van der Waals surface area contributed by atoms with E-state index in [1.807, 2.05) is 24.3 Å². The van der Waals surface area contributed by atoms with Crippen LogP contribution < -0.4 is 4.74 Å². The highest BCUT2D eigenvalue weighted by Crippen LogP contribution is 2.31. The molecule has 0 saturated carbocycles. The standard InChI is InChI=1S/C16H13NO3S/c1-20-15-7-6-14(8-12(15)9-16(18)19)21-13-4-2-11(10-17)3-5-13/h2-8H,9H2,1H3,(H,18,19). The lowest BCUT2D eigenvalue weighted by Gasteiger charge is -2.09. The first-order valence-corrected chi connectivity index (χ1v) is 7.00. The van der Waals surface area contributed by atoms with Crippen LogP contribution in [0.4, 0.5) is 0 Å². The third-order valence-corrected chi connectivity index (χ3v) is 3.81. The van der Waals surface area contributed by atoms with Gasteiger partial charge in [0.05, 0.1) is 25.2 Å². The molecule has 0 heterocycles. The number of ether oxygens (including phenoxy) is 1. The number of carbonyl (C=O) groups is 1. The Balaban J connectivity index is 2.23. The number of carboxylic acid groups (broad SMARTS) is 1. The molecule has 0 amide bonds. The van der Waals surface area contributed by atoms with Crippen LogP contribution in [0.2, 0.25) is 0 Å². The Bertz CT molecular complexity index is 690. The molecule has 0 aliphatic carbocycles. The van der Waals surface area contributed by atoms with Crippen LogP contribution in [0, 0.1) is 11.3 Å². The fourth-order valence-corrected chi connectivity index (χ4v) is 2.73. The summed E-state index contributed by atoms with van der Waals surface area (Å²) in [6.45, 7) is 0. The van der Waals surface area contributed by atoms with E-state index in [4.69, 9.17) is 15.1 Å². The normalized spacial score (nSPS) is 9.90. The number of aliphatic carboxylic acids is 1. The average molecular weight is 299 g/mol. The zero-order valence-corrected chi connectivity index (χ0v) is 12.2. The molecule has 2 rings (SSSR count). The lowest BCUT2D eigenvalue weighted by Crippen LogP contribution is -2.02. The minimum absolute atomic E-state index is 0.0784. The number of hydrogen-bond acceptors (Lipinski definition) is 4. The van der Waals surface area contributed by atoms with Crippen molar-refractivity contribution in [1.82, 2.24) is 0 Å². The van der Waals surface area contributed by atoms with E-state index in [0.29, 0.717) is 16.9 Å². The summed E-state index contributed by atoms with van der Waals surface area (Å²) in [6, 6.07) is 14.8. The molecule has 0 aliphatic rings. The third-order valence-electron chi connectivity index (χ3n) is 2.81. The van der Waals surface area contributed by atoms with Gasteiger partial charge >= 0.3 is 5.97 Å². The van der Waals surface area contributed by atoms with Gasteiger partial charge in [-0.15, -0.1) is 0 Å². The van der Waals surface area contributed by atoms with Crippen molar-refractivity contribution in [3.05, 3.63) is 53.6 Å². The van der Waals surface area contributed by atoms with Crippen molar-refractivity contribution in [3.63, 3.8) is 0 Å². The Kier molecular flexibility index (Phi) is 4.85. The van der Waals surface area contributed by atoms with Gasteiger partial charge in [-0.1, -0.05) is 11.8 Å². The van der Waals surface area contributed by atoms with E-state index < -0.39 is 5.97 Å². The van der Waals surface area contributed by atoms with Crippen molar-refractivity contribution in [1.29, 1.82) is 5.26 Å². The van der Waals surface area contributed by atoms with Crippen LogP contribution in [-0.2, 0) is 11.2 Å². The van der Waals surface area contributed by atoms with Crippen molar-refractivity contribution in [3.8, 4) is 11.8 Å². The number of benzene rings is 2. The van der Waals surface area contributed by atoms with Gasteiger partial charge in [0, 0.05) is 15.4 Å². The van der Waals surface area contributed by atoms with E-state index in [0.717, 1.165) is 9.79 Å². The predicted molar refractivity (Wildman–Crippen MR) is 79.6 cm³/mol. The second kappa shape index (κ2) is 6.82. The Labute approximate surface area is 127 Å². The Morgan fingerprint density at radius 3 is 2.48 bits per heavy atom. The summed E-state index contributed by atoms with van der Waals surface area (Å²) in [5.41, 5.74) is 1.25. The molecule has 0 radical (unpaired) electrons. The van der Waals surface area contributed by atoms with Gasteiger partial charge in [0.15, 0.2) is 0 Å². The van der Waals surface area contributed by atoms with Crippen molar-refractivity contribution in [2.24, 2.45) is 0 Å². The molecular formula is C16H13NO3S. The Morgan fingerprint density at radius 2 is 1.90 bits per heavy atom. The first-order valence-electron chi connectivity index (χ1n) is 6.19. The van der Waals surface area contributed by atoms with Gasteiger partial charge in [0.25, 0.3) is 0 Å². The minimum atomic E-state index is -0.895. The maximum absolute atomic E-state index is 10.9. The topological polar surface area (TPSA) is 70.3 Å². The molecule has 0 bridgehead atoms. The second-order valence-corrected chi connectivity index (χ2v) is 5.43. The lowest BCUT2D eigenvalue weighted by molar-refractivity contribution is -0.136. The van der Waals surface area contributed by atoms with Crippen LogP contribution >= 0.6 is 11.8 Å². The van der Waals surface area contributed by atoms with Gasteiger partial charge in [-0.3, -0.25) is 4.79 Å². The first-order chi connectivity index (χ1) is 10.1. The van der Waals surface area contributed by atoms with Crippen molar-refractivity contribution < 1.29 is 14.6 Å². The van der Waals surface area contributed by atoms with Gasteiger partial charge in [0.1, 0.15) is 5.75 Å². The summed E-state index contributed by atoms with van der Waals surface area (Å²) in [5, 5.41) is 17.7. The van der Waals surface area contributed by atoms with E-state index in [2.05, 4.69) is 6.07 Å². The van der Waals surface area contributed by atoms with Crippen LogP contribution in [0.3, 0.4) is 0 Å². The largest absolute Gasteiger partial charge is 0.496 e. The number of nitrogens with zero attached hydrogens (tertiary/aromatic N) is 1. The highest BCUT2D eigenvalue weighted by Gasteiger charge is 2.09. The van der Waals surface area contributed by atoms with Crippen LogP contribution in [-0.4, -0.2) is 18.2 Å². The number of carboxylic acids is 1. The molecule has 21 heavy (non-hydrogen) atoms. The van der Waals surface area contributed by atoms with Gasteiger partial charge in [-0.25, -0.2) is 0 Å². The quantitative estimate of drug-likeness (QED) is 0.916. The first kappa shape index (κ1) is 14.9. The number of hydrogen-bond donors (Lipinski definition) is 1. The van der Waals surface area contributed by atoms with Crippen molar-refractivity contribution in [2.75, 3.05) is 7.11 Å². The molecule has 0 unspecified atom stereocenters. The molecule has 0 aromatic heterocycles. The van der Waals surface area contributed by atoms with Gasteiger partial charge in [-0.2, -0.15) is 5.26 Å². The number of nitriles is 1. The molecule has 0 aliphatic heterocycles. The average Bonchev–Trinajstić information content (AvgIpc) is 2.48. The minimum Gasteiger partial charge on any atom is -0.496 e. The van der Waals surface area contributed by atoms with Gasteiger partial charge < -0.3 is 9.84 Å². The summed E-state index contributed by atoms with van der Waals surface area (Å²) < 4.78 is 5.17. The molecule has 5 heteroatoms. The van der Waals surface area contributed by atoms with Crippen LogP contribution in [0.1, 0.15) is 11.1 Å². The van der Waals surface area contributed by atoms with Crippen LogP contribution in [0.5, 0.6) is 5.75 Å². The van der Waals surface area contributed by atoms with E-state index >= 15 is 0 Å². The highest BCUT2D eigenvalue weighted by atomic mass is 32.2. The fourth-order valence-electron chi connectivity index (χ4n) is 1.85. The van der Waals surface area contributed by atoms with Crippen molar-refractivity contribution >= 4 is 17.7 Å². The van der Waals surface area contributed by atoms with E-state index in [1.54, 1.807) is 18.2 Å². The third kappa shape index (κ3) is 4.01. The fraction of sp³-hybridized carbons (Fsp3) is 0.125. The van der Waals surface area contributed by atoms with E-state index in [1.165, 1.54) is 18.9 Å². The molecule has 0 spiro atoms. The monoisotopic (exact) mass is 299 g/mol. The van der Waals surface area contributed by atoms with Gasteiger partial charge in [0.2, 0.25) is 0 Å². The van der Waals surface area contributed by atoms with Crippen molar-refractivity contribution in [2.45, 2.75) is 16.2 Å². The summed E-state index contributed by atoms with van der Waals surface area (Å²) in [7, 11) is 1.52. The highest BCUT2D eigenvalue weighted by molar-refractivity contribution is 7.99. The summed E-state index contributed by atoms with van der Waals surface area (Å²) >= 11 is 1.51. The summed E-state index contributed by atoms with van der Waals surface area (Å²) in [4.78, 5) is 12.8. The molecule has 106 valence electrons. The molecule has 0 fully saturated rings.